The van der Waals surface area contributed by atoms with E-state index in [4.69, 9.17) is 18.9 Å². The Hall–Kier alpha value is -3.06. The Morgan fingerprint density at radius 3 is 2.15 bits per heavy atom. The lowest BCUT2D eigenvalue weighted by molar-refractivity contribution is -0.129. The summed E-state index contributed by atoms with van der Waals surface area (Å²) in [5, 5.41) is 0. The predicted octanol–water partition coefficient (Wildman–Crippen LogP) is 2.47. The topological polar surface area (TPSA) is 80.3 Å². The van der Waals surface area contributed by atoms with E-state index in [2.05, 4.69) is 4.74 Å². The summed E-state index contributed by atoms with van der Waals surface area (Å²) < 4.78 is 25.7. The third kappa shape index (κ3) is 5.78. The molecule has 0 heterocycles. The molecule has 0 saturated heterocycles. The maximum atomic E-state index is 10.4. The molecule has 0 amide bonds. The van der Waals surface area contributed by atoms with Crippen molar-refractivity contribution in [2.45, 2.75) is 0 Å². The van der Waals surface area contributed by atoms with Crippen LogP contribution in [0.25, 0.3) is 11.1 Å². The standard InChI is InChI=1S/C19H20O7/c1-22-8-10-25-19-12-16(4-7-18(19)24-11-9-23-13-20)15-2-5-17(6-3-15)26-14-21/h2-7,12-14H,8-11H2,1H3. The first-order chi connectivity index (χ1) is 12.8. The number of rotatable bonds is 12. The van der Waals surface area contributed by atoms with Gasteiger partial charge in [-0.15, -0.1) is 0 Å². The van der Waals surface area contributed by atoms with Crippen LogP contribution in [0.3, 0.4) is 0 Å². The van der Waals surface area contributed by atoms with Gasteiger partial charge in [0, 0.05) is 7.11 Å². The second-order valence-corrected chi connectivity index (χ2v) is 5.06. The molecule has 0 fully saturated rings. The Kier molecular flexibility index (Phi) is 7.95. The van der Waals surface area contributed by atoms with Crippen molar-refractivity contribution in [3.8, 4) is 28.4 Å². The summed E-state index contributed by atoms with van der Waals surface area (Å²) in [5.74, 6) is 1.56. The van der Waals surface area contributed by atoms with Crippen LogP contribution in [0.15, 0.2) is 42.5 Å². The first kappa shape index (κ1) is 19.3. The van der Waals surface area contributed by atoms with Crippen molar-refractivity contribution in [1.29, 1.82) is 0 Å². The minimum atomic E-state index is 0.154. The van der Waals surface area contributed by atoms with Crippen LogP contribution in [0.5, 0.6) is 17.2 Å². The highest BCUT2D eigenvalue weighted by molar-refractivity contribution is 5.68. The summed E-state index contributed by atoms with van der Waals surface area (Å²) in [7, 11) is 1.59. The van der Waals surface area contributed by atoms with Gasteiger partial charge in [-0.3, -0.25) is 9.59 Å². The van der Waals surface area contributed by atoms with Crippen molar-refractivity contribution >= 4 is 12.9 Å². The molecule has 26 heavy (non-hydrogen) atoms. The van der Waals surface area contributed by atoms with Crippen molar-refractivity contribution in [3.05, 3.63) is 42.5 Å². The predicted molar refractivity (Wildman–Crippen MR) is 93.5 cm³/mol. The highest BCUT2D eigenvalue weighted by Crippen LogP contribution is 2.33. The Morgan fingerprint density at radius 1 is 0.769 bits per heavy atom. The molecule has 0 aliphatic carbocycles. The summed E-state index contributed by atoms with van der Waals surface area (Å²) in [5.41, 5.74) is 1.84. The van der Waals surface area contributed by atoms with E-state index in [1.165, 1.54) is 0 Å². The number of hydrogen-bond donors (Lipinski definition) is 0. The van der Waals surface area contributed by atoms with E-state index >= 15 is 0 Å². The van der Waals surface area contributed by atoms with Gasteiger partial charge in [-0.1, -0.05) is 18.2 Å². The van der Waals surface area contributed by atoms with E-state index in [0.29, 0.717) is 43.4 Å². The summed E-state index contributed by atoms with van der Waals surface area (Å²) in [6.45, 7) is 1.94. The maximum Gasteiger partial charge on any atom is 0.298 e. The molecule has 0 radical (unpaired) electrons. The summed E-state index contributed by atoms with van der Waals surface area (Å²) in [6, 6.07) is 12.6. The van der Waals surface area contributed by atoms with Gasteiger partial charge in [0.25, 0.3) is 12.9 Å². The second-order valence-electron chi connectivity index (χ2n) is 5.06. The van der Waals surface area contributed by atoms with E-state index < -0.39 is 0 Å². The number of hydrogen-bond acceptors (Lipinski definition) is 7. The molecule has 0 atom stereocenters. The Balaban J connectivity index is 2.17. The van der Waals surface area contributed by atoms with Crippen molar-refractivity contribution < 1.29 is 33.3 Å². The van der Waals surface area contributed by atoms with Gasteiger partial charge in [0.05, 0.1) is 6.61 Å². The molecule has 0 saturated carbocycles. The van der Waals surface area contributed by atoms with Crippen molar-refractivity contribution in [1.82, 2.24) is 0 Å². The minimum Gasteiger partial charge on any atom is -0.487 e. The molecule has 0 aromatic heterocycles. The molecular weight excluding hydrogens is 340 g/mol. The highest BCUT2D eigenvalue weighted by Gasteiger charge is 2.09. The Morgan fingerprint density at radius 2 is 1.46 bits per heavy atom. The molecule has 0 bridgehead atoms. The number of benzene rings is 2. The lowest BCUT2D eigenvalue weighted by Gasteiger charge is -2.14. The molecule has 2 aromatic rings. The van der Waals surface area contributed by atoms with Gasteiger partial charge < -0.3 is 23.7 Å². The highest BCUT2D eigenvalue weighted by atomic mass is 16.6. The zero-order valence-electron chi connectivity index (χ0n) is 14.4. The first-order valence-electron chi connectivity index (χ1n) is 7.93. The average Bonchev–Trinajstić information content (AvgIpc) is 2.67. The van der Waals surface area contributed by atoms with Crippen LogP contribution in [0.4, 0.5) is 0 Å². The smallest absolute Gasteiger partial charge is 0.298 e. The van der Waals surface area contributed by atoms with Crippen LogP contribution >= 0.6 is 0 Å². The van der Waals surface area contributed by atoms with Gasteiger partial charge in [0.15, 0.2) is 11.5 Å². The zero-order valence-corrected chi connectivity index (χ0v) is 14.4. The maximum absolute atomic E-state index is 10.4. The monoisotopic (exact) mass is 360 g/mol. The van der Waals surface area contributed by atoms with Crippen LogP contribution in [0, 0.1) is 0 Å². The SMILES string of the molecule is COCCOc1cc(-c2ccc(OC=O)cc2)ccc1OCCOC=O. The third-order valence-corrected chi connectivity index (χ3v) is 3.39. The van der Waals surface area contributed by atoms with Crippen molar-refractivity contribution in [3.63, 3.8) is 0 Å². The molecule has 0 aliphatic rings. The average molecular weight is 360 g/mol. The fraction of sp³-hybridized carbons (Fsp3) is 0.263. The fourth-order valence-corrected chi connectivity index (χ4v) is 2.18. The van der Waals surface area contributed by atoms with Crippen molar-refractivity contribution in [2.24, 2.45) is 0 Å². The van der Waals surface area contributed by atoms with E-state index in [9.17, 15) is 9.59 Å². The minimum absolute atomic E-state index is 0.154. The first-order valence-corrected chi connectivity index (χ1v) is 7.93. The molecule has 138 valence electrons. The lowest BCUT2D eigenvalue weighted by atomic mass is 10.1. The molecule has 7 nitrogen and oxygen atoms in total. The molecule has 0 aliphatic heterocycles. The molecule has 0 unspecified atom stereocenters. The van der Waals surface area contributed by atoms with Gasteiger partial charge in [0.1, 0.15) is 25.6 Å². The van der Waals surface area contributed by atoms with E-state index in [0.717, 1.165) is 11.1 Å². The normalized spacial score (nSPS) is 10.0. The molecule has 2 rings (SSSR count). The van der Waals surface area contributed by atoms with Crippen molar-refractivity contribution in [2.75, 3.05) is 33.5 Å². The number of carbonyl (C=O) groups excluding carboxylic acids is 2. The fourth-order valence-electron chi connectivity index (χ4n) is 2.18. The van der Waals surface area contributed by atoms with E-state index in [1.54, 1.807) is 25.3 Å². The van der Waals surface area contributed by atoms with E-state index in [-0.39, 0.29) is 13.2 Å². The number of carbonyl (C=O) groups is 2. The summed E-state index contributed by atoms with van der Waals surface area (Å²) in [6.07, 6.45) is 0. The van der Waals surface area contributed by atoms with Gasteiger partial charge in [-0.2, -0.15) is 0 Å². The van der Waals surface area contributed by atoms with E-state index in [1.807, 2.05) is 24.3 Å². The van der Waals surface area contributed by atoms with Crippen LogP contribution in [-0.2, 0) is 19.1 Å². The molecule has 7 heteroatoms. The van der Waals surface area contributed by atoms with Gasteiger partial charge in [0.2, 0.25) is 0 Å². The largest absolute Gasteiger partial charge is 0.487 e. The summed E-state index contributed by atoms with van der Waals surface area (Å²) >= 11 is 0. The quantitative estimate of drug-likeness (QED) is 0.425. The second kappa shape index (κ2) is 10.7. The van der Waals surface area contributed by atoms with Crippen LogP contribution in [-0.4, -0.2) is 46.5 Å². The molecule has 0 spiro atoms. The van der Waals surface area contributed by atoms with Gasteiger partial charge in [-0.05, 0) is 35.4 Å². The van der Waals surface area contributed by atoms with Gasteiger partial charge in [-0.25, -0.2) is 0 Å². The molecular formula is C19H20O7. The zero-order chi connectivity index (χ0) is 18.6. The lowest BCUT2D eigenvalue weighted by Crippen LogP contribution is -2.09. The number of ether oxygens (including phenoxy) is 5. The Labute approximate surface area is 151 Å². The van der Waals surface area contributed by atoms with Gasteiger partial charge >= 0.3 is 0 Å². The van der Waals surface area contributed by atoms with Crippen LogP contribution < -0.4 is 14.2 Å². The Bertz CT molecular complexity index is 698. The summed E-state index contributed by atoms with van der Waals surface area (Å²) in [4.78, 5) is 20.6. The van der Waals surface area contributed by atoms with Crippen LogP contribution in [0.1, 0.15) is 0 Å². The molecule has 2 aromatic carbocycles. The van der Waals surface area contributed by atoms with Crippen LogP contribution in [0.2, 0.25) is 0 Å². The third-order valence-electron chi connectivity index (χ3n) is 3.39. The number of methoxy groups -OCH3 is 1. The molecule has 0 N–H and O–H groups in total.